The van der Waals surface area contributed by atoms with Crippen LogP contribution in [0, 0.1) is 29.6 Å². The number of H-pyrrole nitrogens is 1. The zero-order valence-corrected chi connectivity index (χ0v) is 25.6. The normalized spacial score (nSPS) is 30.2. The quantitative estimate of drug-likeness (QED) is 0.411. The van der Waals surface area contributed by atoms with Crippen molar-refractivity contribution in [3.05, 3.63) is 68.6 Å². The first-order valence-electron chi connectivity index (χ1n) is 14.9. The van der Waals surface area contributed by atoms with E-state index in [1.807, 2.05) is 24.3 Å². The molecule has 12 heteroatoms. The molecule has 2 saturated carbocycles. The van der Waals surface area contributed by atoms with Crippen LogP contribution in [0.2, 0.25) is 0 Å². The van der Waals surface area contributed by atoms with E-state index in [0.29, 0.717) is 43.5 Å². The number of aromatic amines is 1. The minimum Gasteiger partial charge on any atom is -0.497 e. The number of hydrogen-bond acceptors (Lipinski definition) is 9. The third-order valence-corrected chi connectivity index (χ3v) is 12.6. The van der Waals surface area contributed by atoms with Gasteiger partial charge in [0.1, 0.15) is 11.5 Å². The summed E-state index contributed by atoms with van der Waals surface area (Å²) in [6.45, 7) is 2.02. The van der Waals surface area contributed by atoms with Gasteiger partial charge in [0.2, 0.25) is 11.8 Å². The molecule has 228 valence electrons. The molecule has 5 aliphatic rings. The number of benzene rings is 2. The number of nitrogens with zero attached hydrogens (tertiary/aromatic N) is 2. The summed E-state index contributed by atoms with van der Waals surface area (Å²) in [5.74, 6) is -0.103. The molecule has 4 fully saturated rings. The van der Waals surface area contributed by atoms with Gasteiger partial charge in [0.15, 0.2) is 6.61 Å². The molecule has 3 aliphatic heterocycles. The van der Waals surface area contributed by atoms with Crippen molar-refractivity contribution in [2.45, 2.75) is 22.6 Å². The lowest BCUT2D eigenvalue weighted by molar-refractivity contribution is -0.137. The number of anilines is 1. The molecule has 0 unspecified atom stereocenters. The number of imide groups is 1. The Kier molecular flexibility index (Phi) is 6.84. The zero-order chi connectivity index (χ0) is 30.1. The van der Waals surface area contributed by atoms with Gasteiger partial charge in [-0.05, 0) is 54.5 Å². The number of rotatable bonds is 6. The SMILES string of the molecule is COc1ccc(N2C(=O)[C@H]3[C@H]4C[C@@H]([C@@H]3C2=O)[C@@H]2[C@H](c3ccccc3OCC(=O)N3CCOCC3)c3sc(=O)[nH]c3S[C@H]42)cc1. The highest BCUT2D eigenvalue weighted by molar-refractivity contribution is 8.00. The molecule has 2 aliphatic carbocycles. The van der Waals surface area contributed by atoms with Crippen LogP contribution in [0.3, 0.4) is 0 Å². The van der Waals surface area contributed by atoms with E-state index in [0.717, 1.165) is 21.9 Å². The fourth-order valence-electron chi connectivity index (χ4n) is 8.26. The highest BCUT2D eigenvalue weighted by atomic mass is 32.2. The molecule has 1 aromatic heterocycles. The number of thiazole rings is 1. The monoisotopic (exact) mass is 633 g/mol. The lowest BCUT2D eigenvalue weighted by Crippen LogP contribution is -2.43. The first-order valence-corrected chi connectivity index (χ1v) is 16.6. The highest BCUT2D eigenvalue weighted by Crippen LogP contribution is 2.69. The van der Waals surface area contributed by atoms with E-state index in [1.54, 1.807) is 48.0 Å². The molecule has 8 rings (SSSR count). The number of carbonyl (C=O) groups is 3. The molecule has 3 aromatic rings. The molecule has 0 spiro atoms. The maximum absolute atomic E-state index is 14.0. The second-order valence-electron chi connectivity index (χ2n) is 12.0. The third-order valence-electron chi connectivity index (χ3n) is 10.0. The van der Waals surface area contributed by atoms with Crippen molar-refractivity contribution in [3.63, 3.8) is 0 Å². The van der Waals surface area contributed by atoms with Gasteiger partial charge in [-0.25, -0.2) is 0 Å². The molecular formula is C32H31N3O7S2. The third kappa shape index (κ3) is 4.25. The largest absolute Gasteiger partial charge is 0.497 e. The number of ether oxygens (including phenoxy) is 3. The average molecular weight is 634 g/mol. The van der Waals surface area contributed by atoms with Crippen LogP contribution >= 0.6 is 23.1 Å². The van der Waals surface area contributed by atoms with Gasteiger partial charge in [-0.15, -0.1) is 11.8 Å². The molecular weight excluding hydrogens is 603 g/mol. The van der Waals surface area contributed by atoms with Gasteiger partial charge in [-0.2, -0.15) is 0 Å². The van der Waals surface area contributed by atoms with Crippen LogP contribution in [0.15, 0.2) is 58.4 Å². The molecule has 2 saturated heterocycles. The van der Waals surface area contributed by atoms with Crippen LogP contribution in [0.5, 0.6) is 11.5 Å². The summed E-state index contributed by atoms with van der Waals surface area (Å²) in [7, 11) is 1.58. The Morgan fingerprint density at radius 1 is 1.00 bits per heavy atom. The predicted molar refractivity (Wildman–Crippen MR) is 163 cm³/mol. The van der Waals surface area contributed by atoms with E-state index in [1.165, 1.54) is 16.2 Å². The van der Waals surface area contributed by atoms with Crippen LogP contribution in [0.25, 0.3) is 0 Å². The summed E-state index contributed by atoms with van der Waals surface area (Å²) in [4.78, 5) is 60.5. The van der Waals surface area contributed by atoms with Crippen LogP contribution in [-0.2, 0) is 19.1 Å². The first-order chi connectivity index (χ1) is 21.4. The van der Waals surface area contributed by atoms with Gasteiger partial charge in [0.25, 0.3) is 5.91 Å². The standard InChI is InChI=1S/C32H31N3O7S2/c1-40-17-8-6-16(7-9-17)35-30(37)25-19-14-20(26(25)31(35)38)27-24(19)23(28-29(43-27)33-32(39)44-28)18-4-2-3-5-21(18)42-15-22(36)34-10-12-41-13-11-34/h2-9,19-20,23-27H,10-15H2,1H3,(H,33,39)/t19-,20-,23+,24-,25+,26+,27-/m1/s1. The Hall–Kier alpha value is -3.61. The zero-order valence-electron chi connectivity index (χ0n) is 24.0. The number of methoxy groups -OCH3 is 1. The maximum atomic E-state index is 14.0. The van der Waals surface area contributed by atoms with Crippen molar-refractivity contribution >= 4 is 46.5 Å². The van der Waals surface area contributed by atoms with E-state index in [-0.39, 0.29) is 64.0 Å². The molecule has 0 radical (unpaired) electrons. The fourth-order valence-corrected chi connectivity index (χ4v) is 11.1. The minimum atomic E-state index is -0.410. The molecule has 2 aromatic carbocycles. The number of para-hydroxylation sites is 1. The lowest BCUT2D eigenvalue weighted by atomic mass is 9.68. The number of hydrogen-bond donors (Lipinski definition) is 1. The van der Waals surface area contributed by atoms with Crippen LogP contribution in [0.1, 0.15) is 22.8 Å². The molecule has 44 heavy (non-hydrogen) atoms. The first kappa shape index (κ1) is 27.9. The second-order valence-corrected chi connectivity index (χ2v) is 14.2. The summed E-state index contributed by atoms with van der Waals surface area (Å²) >= 11 is 2.85. The molecule has 2 bridgehead atoms. The molecule has 4 heterocycles. The van der Waals surface area contributed by atoms with Gasteiger partial charge in [0.05, 0.1) is 42.9 Å². The maximum Gasteiger partial charge on any atom is 0.305 e. The van der Waals surface area contributed by atoms with Gasteiger partial charge < -0.3 is 24.1 Å². The smallest absolute Gasteiger partial charge is 0.305 e. The number of carbonyl (C=O) groups excluding carboxylic acids is 3. The van der Waals surface area contributed by atoms with Gasteiger partial charge in [-0.1, -0.05) is 29.5 Å². The van der Waals surface area contributed by atoms with Crippen LogP contribution < -0.4 is 19.2 Å². The van der Waals surface area contributed by atoms with E-state index in [4.69, 9.17) is 14.2 Å². The Morgan fingerprint density at radius 2 is 1.73 bits per heavy atom. The average Bonchev–Trinajstić information content (AvgIpc) is 3.79. The summed E-state index contributed by atoms with van der Waals surface area (Å²) < 4.78 is 16.9. The Balaban J connectivity index is 1.14. The lowest BCUT2D eigenvalue weighted by Gasteiger charge is -2.43. The van der Waals surface area contributed by atoms with Crippen molar-refractivity contribution < 1.29 is 28.6 Å². The van der Waals surface area contributed by atoms with E-state index < -0.39 is 5.92 Å². The van der Waals surface area contributed by atoms with Gasteiger partial charge in [-0.3, -0.25) is 24.1 Å². The van der Waals surface area contributed by atoms with Crippen molar-refractivity contribution in [1.29, 1.82) is 0 Å². The van der Waals surface area contributed by atoms with Crippen molar-refractivity contribution in [1.82, 2.24) is 9.88 Å². The minimum absolute atomic E-state index is 0.00901. The summed E-state index contributed by atoms with van der Waals surface area (Å²) in [5, 5.41) is 0.887. The van der Waals surface area contributed by atoms with Crippen LogP contribution in [-0.4, -0.2) is 72.9 Å². The van der Waals surface area contributed by atoms with Crippen molar-refractivity contribution in [2.75, 3.05) is 44.9 Å². The van der Waals surface area contributed by atoms with E-state index >= 15 is 0 Å². The highest BCUT2D eigenvalue weighted by Gasteiger charge is 2.69. The predicted octanol–water partition coefficient (Wildman–Crippen LogP) is 3.36. The number of nitrogens with one attached hydrogen (secondary N) is 1. The summed E-state index contributed by atoms with van der Waals surface area (Å²) in [6, 6.07) is 14.8. The number of aromatic nitrogens is 1. The molecule has 1 N–H and O–H groups in total. The molecule has 10 nitrogen and oxygen atoms in total. The molecule has 7 atom stereocenters. The fraction of sp³-hybridized carbons (Fsp3) is 0.438. The number of fused-ring (bicyclic) bond motifs is 9. The van der Waals surface area contributed by atoms with E-state index in [9.17, 15) is 19.2 Å². The van der Waals surface area contributed by atoms with Gasteiger partial charge in [0, 0.05) is 34.7 Å². The van der Waals surface area contributed by atoms with Crippen molar-refractivity contribution in [2.24, 2.45) is 29.6 Å². The Bertz CT molecular complexity index is 1700. The Labute approximate surface area is 261 Å². The van der Waals surface area contributed by atoms with Crippen molar-refractivity contribution in [3.8, 4) is 11.5 Å². The summed E-state index contributed by atoms with van der Waals surface area (Å²) in [6.07, 6.45) is 0.791. The topological polar surface area (TPSA) is 118 Å². The summed E-state index contributed by atoms with van der Waals surface area (Å²) in [5.41, 5.74) is 1.47. The van der Waals surface area contributed by atoms with Gasteiger partial charge >= 0.3 is 4.87 Å². The number of amides is 3. The Morgan fingerprint density at radius 3 is 2.48 bits per heavy atom. The number of morpholine rings is 1. The number of thioether (sulfide) groups is 1. The molecule has 3 amide bonds. The van der Waals surface area contributed by atoms with E-state index in [2.05, 4.69) is 4.98 Å². The second kappa shape index (κ2) is 10.8. The van der Waals surface area contributed by atoms with Crippen LogP contribution in [0.4, 0.5) is 5.69 Å².